The summed E-state index contributed by atoms with van der Waals surface area (Å²) in [5.74, 6) is 0. The van der Waals surface area contributed by atoms with E-state index in [-0.39, 0.29) is 6.61 Å². The van der Waals surface area contributed by atoms with Gasteiger partial charge in [0.1, 0.15) is 6.10 Å². The van der Waals surface area contributed by atoms with E-state index in [9.17, 15) is 4.57 Å². The third-order valence-electron chi connectivity index (χ3n) is 1.77. The highest BCUT2D eigenvalue weighted by atomic mass is 31.2. The second-order valence-corrected chi connectivity index (χ2v) is 4.54. The van der Waals surface area contributed by atoms with Crippen molar-refractivity contribution >= 4 is 7.82 Å². The molecule has 0 aliphatic carbocycles. The van der Waals surface area contributed by atoms with Crippen LogP contribution in [0.4, 0.5) is 0 Å². The van der Waals surface area contributed by atoms with E-state index in [4.69, 9.17) is 19.8 Å². The maximum atomic E-state index is 10.4. The predicted octanol–water partition coefficient (Wildman–Crippen LogP) is 1.16. The zero-order chi connectivity index (χ0) is 12.4. The van der Waals surface area contributed by atoms with E-state index >= 15 is 0 Å². The van der Waals surface area contributed by atoms with Gasteiger partial charge in [-0.2, -0.15) is 0 Å². The van der Waals surface area contributed by atoms with Crippen LogP contribution in [0, 0.1) is 0 Å². The topological polar surface area (TPSA) is 105 Å². The van der Waals surface area contributed by atoms with E-state index in [0.717, 1.165) is 19.3 Å². The molecule has 3 N–H and O–H groups in total. The third kappa shape index (κ3) is 10.5. The SMILES string of the molecule is CCCCCOC[C@H](COP(=O)(O)O)OO. The van der Waals surface area contributed by atoms with Crippen LogP contribution in [0.2, 0.25) is 0 Å². The first-order valence-electron chi connectivity index (χ1n) is 5.07. The van der Waals surface area contributed by atoms with Gasteiger partial charge in [-0.25, -0.2) is 9.45 Å². The highest BCUT2D eigenvalue weighted by Crippen LogP contribution is 2.35. The van der Waals surface area contributed by atoms with Crippen molar-refractivity contribution in [3.8, 4) is 0 Å². The summed E-state index contributed by atoms with van der Waals surface area (Å²) in [6.07, 6.45) is 2.12. The van der Waals surface area contributed by atoms with Crippen LogP contribution in [0.3, 0.4) is 0 Å². The first-order valence-corrected chi connectivity index (χ1v) is 6.60. The van der Waals surface area contributed by atoms with Gasteiger partial charge >= 0.3 is 7.82 Å². The molecule has 98 valence electrons. The molecular weight excluding hydrogens is 239 g/mol. The summed E-state index contributed by atoms with van der Waals surface area (Å²) in [6.45, 7) is 2.19. The molecule has 0 heterocycles. The Kier molecular flexibility index (Phi) is 9.06. The van der Waals surface area contributed by atoms with Crippen molar-refractivity contribution in [3.05, 3.63) is 0 Å². The van der Waals surface area contributed by atoms with Crippen molar-refractivity contribution in [1.82, 2.24) is 0 Å². The molecule has 0 fully saturated rings. The number of phosphoric acid groups is 1. The summed E-state index contributed by atoms with van der Waals surface area (Å²) in [5.41, 5.74) is 0. The van der Waals surface area contributed by atoms with Crippen molar-refractivity contribution < 1.29 is 33.8 Å². The van der Waals surface area contributed by atoms with Crippen molar-refractivity contribution in [1.29, 1.82) is 0 Å². The van der Waals surface area contributed by atoms with Crippen LogP contribution in [0.1, 0.15) is 26.2 Å². The van der Waals surface area contributed by atoms with Gasteiger partial charge in [-0.3, -0.25) is 9.78 Å². The van der Waals surface area contributed by atoms with Gasteiger partial charge in [-0.1, -0.05) is 19.8 Å². The van der Waals surface area contributed by atoms with Crippen LogP contribution in [0.25, 0.3) is 0 Å². The molecule has 0 saturated carbocycles. The molecule has 0 rings (SSSR count). The molecule has 0 aromatic carbocycles. The Morgan fingerprint density at radius 3 is 2.44 bits per heavy atom. The Morgan fingerprint density at radius 2 is 1.94 bits per heavy atom. The fraction of sp³-hybridized carbons (Fsp3) is 1.00. The second-order valence-electron chi connectivity index (χ2n) is 3.30. The molecule has 0 amide bonds. The summed E-state index contributed by atoms with van der Waals surface area (Å²) in [7, 11) is -4.53. The molecule has 16 heavy (non-hydrogen) atoms. The molecule has 8 heteroatoms. The maximum Gasteiger partial charge on any atom is 0.469 e. The van der Waals surface area contributed by atoms with Crippen LogP contribution in [0.15, 0.2) is 0 Å². The Labute approximate surface area is 94.5 Å². The first kappa shape index (κ1) is 16.0. The molecule has 0 bridgehead atoms. The minimum Gasteiger partial charge on any atom is -0.379 e. The van der Waals surface area contributed by atoms with Crippen LogP contribution in [0.5, 0.6) is 0 Å². The van der Waals surface area contributed by atoms with E-state index in [1.165, 1.54) is 0 Å². The molecule has 1 atom stereocenters. The summed E-state index contributed by atoms with van der Waals surface area (Å²) in [6, 6.07) is 0. The van der Waals surface area contributed by atoms with E-state index in [0.29, 0.717) is 6.61 Å². The molecule has 0 radical (unpaired) electrons. The first-order chi connectivity index (χ1) is 7.49. The molecule has 7 nitrogen and oxygen atoms in total. The lowest BCUT2D eigenvalue weighted by atomic mass is 10.3. The normalized spacial score (nSPS) is 14.0. The van der Waals surface area contributed by atoms with Crippen LogP contribution >= 0.6 is 7.82 Å². The van der Waals surface area contributed by atoms with E-state index in [1.807, 2.05) is 0 Å². The monoisotopic (exact) mass is 258 g/mol. The van der Waals surface area contributed by atoms with Crippen molar-refractivity contribution in [2.75, 3.05) is 19.8 Å². The smallest absolute Gasteiger partial charge is 0.379 e. The van der Waals surface area contributed by atoms with Gasteiger partial charge in [0, 0.05) is 6.61 Å². The summed E-state index contributed by atoms with van der Waals surface area (Å²) < 4.78 is 19.7. The standard InChI is InChI=1S/C8H19O7P/c1-2-3-4-5-13-6-8(15-9)7-14-16(10,11)12/h8-9H,2-7H2,1H3,(H2,10,11,12)/t8-/m1/s1. The van der Waals surface area contributed by atoms with Gasteiger partial charge in [0.05, 0.1) is 13.2 Å². The highest BCUT2D eigenvalue weighted by Gasteiger charge is 2.19. The zero-order valence-electron chi connectivity index (χ0n) is 9.24. The van der Waals surface area contributed by atoms with E-state index in [1.54, 1.807) is 0 Å². The molecule has 0 unspecified atom stereocenters. The average Bonchev–Trinajstić information content (AvgIpc) is 2.21. The zero-order valence-corrected chi connectivity index (χ0v) is 10.1. The summed E-state index contributed by atoms with van der Waals surface area (Å²) >= 11 is 0. The number of hydrogen-bond donors (Lipinski definition) is 3. The van der Waals surface area contributed by atoms with Crippen LogP contribution in [-0.2, 0) is 18.7 Å². The minimum atomic E-state index is -4.53. The molecule has 0 spiro atoms. The fourth-order valence-electron chi connectivity index (χ4n) is 0.958. The second kappa shape index (κ2) is 9.07. The lowest BCUT2D eigenvalue weighted by molar-refractivity contribution is -0.292. The number of rotatable bonds is 10. The molecule has 0 aliphatic rings. The van der Waals surface area contributed by atoms with E-state index < -0.39 is 20.5 Å². The van der Waals surface area contributed by atoms with Crippen molar-refractivity contribution in [2.45, 2.75) is 32.3 Å². The fourth-order valence-corrected chi connectivity index (χ4v) is 1.32. The minimum absolute atomic E-state index is 0.0280. The number of phosphoric ester groups is 1. The lowest BCUT2D eigenvalue weighted by Crippen LogP contribution is -2.24. The molecule has 0 aromatic heterocycles. The number of hydrogen-bond acceptors (Lipinski definition) is 5. The third-order valence-corrected chi connectivity index (χ3v) is 2.26. The quantitative estimate of drug-likeness (QED) is 0.233. The Hall–Kier alpha value is -0.0100. The van der Waals surface area contributed by atoms with Crippen LogP contribution < -0.4 is 0 Å². The van der Waals surface area contributed by atoms with Gasteiger partial charge in [-0.15, -0.1) is 0 Å². The van der Waals surface area contributed by atoms with E-state index in [2.05, 4.69) is 16.3 Å². The maximum absolute atomic E-state index is 10.4. The van der Waals surface area contributed by atoms with Gasteiger partial charge in [0.2, 0.25) is 0 Å². The Bertz CT molecular complexity index is 205. The van der Waals surface area contributed by atoms with Gasteiger partial charge < -0.3 is 14.5 Å². The van der Waals surface area contributed by atoms with Gasteiger partial charge in [0.15, 0.2) is 0 Å². The number of unbranched alkanes of at least 4 members (excludes halogenated alkanes) is 2. The average molecular weight is 258 g/mol. The summed E-state index contributed by atoms with van der Waals surface area (Å²) in [4.78, 5) is 20.8. The highest BCUT2D eigenvalue weighted by molar-refractivity contribution is 7.46. The Morgan fingerprint density at radius 1 is 1.25 bits per heavy atom. The van der Waals surface area contributed by atoms with Gasteiger partial charge in [0.25, 0.3) is 0 Å². The van der Waals surface area contributed by atoms with Gasteiger partial charge in [-0.05, 0) is 6.42 Å². The molecular formula is C8H19O7P. The molecule has 0 aromatic rings. The van der Waals surface area contributed by atoms with Crippen LogP contribution in [-0.4, -0.2) is 41.0 Å². The molecule has 0 aliphatic heterocycles. The van der Waals surface area contributed by atoms with Crippen molar-refractivity contribution in [2.24, 2.45) is 0 Å². The summed E-state index contributed by atoms with van der Waals surface area (Å²) in [5, 5.41) is 8.41. The van der Waals surface area contributed by atoms with Crippen molar-refractivity contribution in [3.63, 3.8) is 0 Å². The molecule has 0 saturated heterocycles. The lowest BCUT2D eigenvalue weighted by Gasteiger charge is -2.14. The number of ether oxygens (including phenoxy) is 1. The predicted molar refractivity (Wildman–Crippen MR) is 55.8 cm³/mol. The largest absolute Gasteiger partial charge is 0.469 e. The Balaban J connectivity index is 3.55.